The van der Waals surface area contributed by atoms with Crippen LogP contribution in [0.3, 0.4) is 0 Å². The predicted molar refractivity (Wildman–Crippen MR) is 119 cm³/mol. The van der Waals surface area contributed by atoms with Crippen molar-refractivity contribution in [3.8, 4) is 11.5 Å². The lowest BCUT2D eigenvalue weighted by atomic mass is 10.1. The van der Waals surface area contributed by atoms with Gasteiger partial charge in [-0.05, 0) is 46.6 Å². The van der Waals surface area contributed by atoms with E-state index in [0.717, 1.165) is 9.37 Å². The summed E-state index contributed by atoms with van der Waals surface area (Å²) in [7, 11) is 0. The molecule has 0 spiro atoms. The van der Waals surface area contributed by atoms with Crippen molar-refractivity contribution in [3.63, 3.8) is 0 Å². The second kappa shape index (κ2) is 8.18. The summed E-state index contributed by atoms with van der Waals surface area (Å²) in [4.78, 5) is 13.9. The zero-order valence-corrected chi connectivity index (χ0v) is 19.0. The molecule has 31 heavy (non-hydrogen) atoms. The number of anilines is 1. The quantitative estimate of drug-likeness (QED) is 0.391. The molecular weight excluding hydrogens is 509 g/mol. The molecule has 11 heteroatoms. The van der Waals surface area contributed by atoms with Crippen LogP contribution in [0.25, 0.3) is 11.2 Å². The Morgan fingerprint density at radius 1 is 1.23 bits per heavy atom. The summed E-state index contributed by atoms with van der Waals surface area (Å²) in [6.45, 7) is 0.585. The van der Waals surface area contributed by atoms with Gasteiger partial charge >= 0.3 is 0 Å². The van der Waals surface area contributed by atoms with Crippen molar-refractivity contribution >= 4 is 56.3 Å². The maximum Gasteiger partial charge on any atom is 0.231 e. The van der Waals surface area contributed by atoms with Crippen LogP contribution in [0.15, 0.2) is 51.2 Å². The number of hydrogen-bond donors (Lipinski definition) is 1. The van der Waals surface area contributed by atoms with Crippen LogP contribution >= 0.6 is 39.3 Å². The number of ether oxygens (including phenoxy) is 2. The Labute approximate surface area is 193 Å². The topological polar surface area (TPSA) is 88.1 Å². The molecule has 0 saturated carbocycles. The van der Waals surface area contributed by atoms with Crippen LogP contribution in [0.4, 0.5) is 10.2 Å². The molecule has 0 bridgehead atoms. The van der Waals surface area contributed by atoms with E-state index in [1.54, 1.807) is 12.1 Å². The Bertz CT molecular complexity index is 1300. The van der Waals surface area contributed by atoms with Crippen molar-refractivity contribution in [1.29, 1.82) is 0 Å². The van der Waals surface area contributed by atoms with Crippen molar-refractivity contribution in [3.05, 3.63) is 57.5 Å². The van der Waals surface area contributed by atoms with Gasteiger partial charge in [0.1, 0.15) is 12.1 Å². The monoisotopic (exact) mass is 521 g/mol. The number of fused-ring (bicyclic) bond motifs is 2. The molecule has 1 aliphatic rings. The second-order valence-electron chi connectivity index (χ2n) is 6.67. The number of benzene rings is 2. The Morgan fingerprint density at radius 2 is 2.03 bits per heavy atom. The molecule has 3 heterocycles. The van der Waals surface area contributed by atoms with E-state index < -0.39 is 0 Å². The highest BCUT2D eigenvalue weighted by Gasteiger charge is 2.21. The van der Waals surface area contributed by atoms with Gasteiger partial charge in [0.05, 0.1) is 0 Å². The number of aryl methyl sites for hydroxylation is 1. The molecule has 0 amide bonds. The molecule has 158 valence electrons. The molecule has 0 aliphatic carbocycles. The summed E-state index contributed by atoms with van der Waals surface area (Å²) in [5.41, 5.74) is 7.52. The van der Waals surface area contributed by atoms with Gasteiger partial charge in [-0.25, -0.2) is 19.3 Å². The minimum Gasteiger partial charge on any atom is -0.454 e. The first kappa shape index (κ1) is 20.3. The highest BCUT2D eigenvalue weighted by Crippen LogP contribution is 2.43. The maximum absolute atomic E-state index is 14.3. The minimum atomic E-state index is -0.348. The number of rotatable bonds is 5. The van der Waals surface area contributed by atoms with Gasteiger partial charge in [-0.15, -0.1) is 0 Å². The van der Waals surface area contributed by atoms with E-state index in [-0.39, 0.29) is 18.4 Å². The number of nitrogens with zero attached hydrogens (tertiary/aromatic N) is 4. The normalized spacial score (nSPS) is 12.6. The van der Waals surface area contributed by atoms with Gasteiger partial charge in [-0.1, -0.05) is 29.4 Å². The molecule has 0 fully saturated rings. The Hall–Kier alpha value is -2.56. The van der Waals surface area contributed by atoms with Crippen LogP contribution in [0.1, 0.15) is 5.56 Å². The van der Waals surface area contributed by atoms with Crippen LogP contribution in [0.2, 0.25) is 5.02 Å². The van der Waals surface area contributed by atoms with Gasteiger partial charge < -0.3 is 19.8 Å². The molecule has 2 aromatic heterocycles. The first-order valence-electron chi connectivity index (χ1n) is 9.18. The average Bonchev–Trinajstić information content (AvgIpc) is 3.33. The summed E-state index contributed by atoms with van der Waals surface area (Å²) < 4.78 is 27.9. The van der Waals surface area contributed by atoms with Crippen molar-refractivity contribution in [2.45, 2.75) is 23.0 Å². The third-order valence-electron chi connectivity index (χ3n) is 4.80. The van der Waals surface area contributed by atoms with Crippen molar-refractivity contribution in [2.24, 2.45) is 0 Å². The van der Waals surface area contributed by atoms with E-state index in [1.165, 1.54) is 24.2 Å². The smallest absolute Gasteiger partial charge is 0.231 e. The van der Waals surface area contributed by atoms with E-state index in [2.05, 4.69) is 30.9 Å². The summed E-state index contributed by atoms with van der Waals surface area (Å²) in [6.07, 6.45) is 1.74. The van der Waals surface area contributed by atoms with Crippen LogP contribution in [0.5, 0.6) is 11.5 Å². The number of halogens is 3. The maximum atomic E-state index is 14.3. The van der Waals surface area contributed by atoms with Crippen LogP contribution in [-0.2, 0) is 13.0 Å². The predicted octanol–water partition coefficient (Wildman–Crippen LogP) is 5.09. The van der Waals surface area contributed by atoms with E-state index >= 15 is 0 Å². The molecule has 2 N–H and O–H groups in total. The van der Waals surface area contributed by atoms with Gasteiger partial charge in [0.25, 0.3) is 0 Å². The van der Waals surface area contributed by atoms with E-state index in [1.807, 2.05) is 16.7 Å². The number of nitrogens with two attached hydrogens (primary N) is 1. The molecule has 2 aromatic carbocycles. The molecule has 0 unspecified atom stereocenters. The lowest BCUT2D eigenvalue weighted by Gasteiger charge is -2.11. The van der Waals surface area contributed by atoms with Gasteiger partial charge in [0.2, 0.25) is 6.79 Å². The zero-order chi connectivity index (χ0) is 21.5. The third-order valence-corrected chi connectivity index (χ3v) is 7.13. The fourth-order valence-electron chi connectivity index (χ4n) is 3.28. The van der Waals surface area contributed by atoms with Crippen LogP contribution in [0, 0.1) is 5.82 Å². The standard InChI is InChI=1S/C20H14BrClFN5O2S/c21-11-6-14-15(30-9-29-14)7-16(11)31-20-27-17-18(24)25-8-26-19(17)28(20)5-4-10-12(22)2-1-3-13(10)23/h1-3,6-8H,4-5,9H2,(H2,24,25,26). The van der Waals surface area contributed by atoms with E-state index in [0.29, 0.717) is 51.4 Å². The van der Waals surface area contributed by atoms with Gasteiger partial charge in [0.15, 0.2) is 33.6 Å². The van der Waals surface area contributed by atoms with E-state index in [9.17, 15) is 4.39 Å². The molecule has 5 rings (SSSR count). The zero-order valence-electron chi connectivity index (χ0n) is 15.8. The molecule has 0 saturated heterocycles. The van der Waals surface area contributed by atoms with Gasteiger partial charge in [-0.2, -0.15) is 0 Å². The summed E-state index contributed by atoms with van der Waals surface area (Å²) >= 11 is 11.2. The highest BCUT2D eigenvalue weighted by molar-refractivity contribution is 9.10. The number of aromatic nitrogens is 4. The van der Waals surface area contributed by atoms with Crippen LogP contribution < -0.4 is 15.2 Å². The minimum absolute atomic E-state index is 0.184. The summed E-state index contributed by atoms with van der Waals surface area (Å²) in [5, 5.41) is 1.01. The van der Waals surface area contributed by atoms with Crippen molar-refractivity contribution in [1.82, 2.24) is 19.5 Å². The second-order valence-corrected chi connectivity index (χ2v) is 8.94. The SMILES string of the molecule is Nc1ncnc2c1nc(Sc1cc3c(cc1Br)OCO3)n2CCc1c(F)cccc1Cl. The Kier molecular flexibility index (Phi) is 5.37. The number of nitrogen functional groups attached to an aromatic ring is 1. The molecule has 0 radical (unpaired) electrons. The van der Waals surface area contributed by atoms with Gasteiger partial charge in [0, 0.05) is 26.5 Å². The van der Waals surface area contributed by atoms with E-state index in [4.69, 9.17) is 26.8 Å². The van der Waals surface area contributed by atoms with Crippen molar-refractivity contribution < 1.29 is 13.9 Å². The molecule has 7 nitrogen and oxygen atoms in total. The van der Waals surface area contributed by atoms with Gasteiger partial charge in [-0.3, -0.25) is 0 Å². The highest BCUT2D eigenvalue weighted by atomic mass is 79.9. The first-order valence-corrected chi connectivity index (χ1v) is 11.2. The van der Waals surface area contributed by atoms with Crippen LogP contribution in [-0.4, -0.2) is 26.3 Å². The average molecular weight is 523 g/mol. The molecule has 4 aromatic rings. The number of hydrogen-bond acceptors (Lipinski definition) is 7. The molecule has 0 atom stereocenters. The summed E-state index contributed by atoms with van der Waals surface area (Å²) in [6, 6.07) is 8.38. The lowest BCUT2D eigenvalue weighted by Crippen LogP contribution is -2.06. The Morgan fingerprint density at radius 3 is 2.84 bits per heavy atom. The molecule has 1 aliphatic heterocycles. The fourth-order valence-corrected chi connectivity index (χ4v) is 5.05. The molecular formula is C20H14BrClFN5O2S. The third kappa shape index (κ3) is 3.79. The largest absolute Gasteiger partial charge is 0.454 e. The van der Waals surface area contributed by atoms with Crippen molar-refractivity contribution in [2.75, 3.05) is 12.5 Å². The lowest BCUT2D eigenvalue weighted by molar-refractivity contribution is 0.174. The Balaban J connectivity index is 1.54. The number of imidazole rings is 1. The first-order chi connectivity index (χ1) is 15.0. The summed E-state index contributed by atoms with van der Waals surface area (Å²) in [5.74, 6) is 1.26. The fraction of sp³-hybridized carbons (Fsp3) is 0.150.